The van der Waals surface area contributed by atoms with Crippen molar-refractivity contribution in [2.75, 3.05) is 43.4 Å². The van der Waals surface area contributed by atoms with Crippen LogP contribution < -0.4 is 10.2 Å². The van der Waals surface area contributed by atoms with E-state index in [4.69, 9.17) is 9.68 Å². The Hall–Kier alpha value is -3.38. The van der Waals surface area contributed by atoms with E-state index < -0.39 is 5.91 Å². The van der Waals surface area contributed by atoms with Crippen molar-refractivity contribution in [1.82, 2.24) is 14.8 Å². The van der Waals surface area contributed by atoms with Crippen LogP contribution in [0.2, 0.25) is 0 Å². The number of anilines is 2. The van der Waals surface area contributed by atoms with Crippen LogP contribution in [-0.2, 0) is 4.79 Å². The Labute approximate surface area is 181 Å². The first-order chi connectivity index (χ1) is 15.0. The molecule has 0 saturated carbocycles. The number of rotatable bonds is 4. The van der Waals surface area contributed by atoms with E-state index in [-0.39, 0.29) is 23.6 Å². The Kier molecular flexibility index (Phi) is 5.91. The first-order valence-corrected chi connectivity index (χ1v) is 10.5. The van der Waals surface area contributed by atoms with Crippen LogP contribution in [-0.4, -0.2) is 66.0 Å². The quantitative estimate of drug-likeness (QED) is 0.805. The number of aromatic nitrogens is 1. The summed E-state index contributed by atoms with van der Waals surface area (Å²) in [5, 5.41) is 11.8. The van der Waals surface area contributed by atoms with Crippen LogP contribution in [0.4, 0.5) is 11.5 Å². The highest BCUT2D eigenvalue weighted by Gasteiger charge is 2.36. The number of furan rings is 1. The standard InChI is InChI=1S/C22H26N6O3/c1-15-7-9-28(19(12-15)27-11-10-26(2)20(29)14-27)21-17(4-3-8-24-21)25-22(30)18-6-5-16(13-23)31-18/h3-6,8,15,19H,7,9-12,14H2,1-2H3,(H,25,30). The van der Waals surface area contributed by atoms with E-state index in [1.165, 1.54) is 12.1 Å². The molecule has 2 aromatic rings. The van der Waals surface area contributed by atoms with E-state index in [0.717, 1.165) is 25.9 Å². The minimum Gasteiger partial charge on any atom is -0.440 e. The first-order valence-electron chi connectivity index (χ1n) is 10.5. The maximum Gasteiger partial charge on any atom is 0.291 e. The molecule has 9 heteroatoms. The average molecular weight is 422 g/mol. The van der Waals surface area contributed by atoms with Crippen LogP contribution in [0.25, 0.3) is 0 Å². The fourth-order valence-corrected chi connectivity index (χ4v) is 4.17. The van der Waals surface area contributed by atoms with Crippen molar-refractivity contribution in [3.63, 3.8) is 0 Å². The third-order valence-electron chi connectivity index (χ3n) is 5.99. The molecule has 2 fully saturated rings. The Morgan fingerprint density at radius 2 is 2.13 bits per heavy atom. The Bertz CT molecular complexity index is 1010. The van der Waals surface area contributed by atoms with Crippen molar-refractivity contribution < 1.29 is 14.0 Å². The first kappa shape index (κ1) is 20.9. The lowest BCUT2D eigenvalue weighted by molar-refractivity contribution is -0.135. The molecule has 0 aromatic carbocycles. The number of pyridine rings is 1. The van der Waals surface area contributed by atoms with Gasteiger partial charge in [0.1, 0.15) is 6.07 Å². The van der Waals surface area contributed by atoms with E-state index in [1.54, 1.807) is 23.2 Å². The van der Waals surface area contributed by atoms with Gasteiger partial charge in [-0.25, -0.2) is 4.98 Å². The maximum absolute atomic E-state index is 12.7. The lowest BCUT2D eigenvalue weighted by atomic mass is 9.95. The summed E-state index contributed by atoms with van der Waals surface area (Å²) in [5.74, 6) is 1.04. The van der Waals surface area contributed by atoms with Crippen LogP contribution in [0.3, 0.4) is 0 Å². The molecular weight excluding hydrogens is 396 g/mol. The Balaban J connectivity index is 1.59. The summed E-state index contributed by atoms with van der Waals surface area (Å²) in [5.41, 5.74) is 0.572. The number of carbonyl (C=O) groups is 2. The zero-order chi connectivity index (χ0) is 22.0. The number of piperidine rings is 1. The number of likely N-dealkylation sites (N-methyl/N-ethyl adjacent to an activating group) is 1. The molecule has 2 saturated heterocycles. The van der Waals surface area contributed by atoms with Crippen molar-refractivity contribution in [3.05, 3.63) is 42.0 Å². The van der Waals surface area contributed by atoms with Crippen LogP contribution in [0.5, 0.6) is 0 Å². The van der Waals surface area contributed by atoms with E-state index in [9.17, 15) is 9.59 Å². The fourth-order valence-electron chi connectivity index (χ4n) is 4.17. The second-order valence-electron chi connectivity index (χ2n) is 8.19. The number of hydrogen-bond acceptors (Lipinski definition) is 7. The molecule has 162 valence electrons. The number of hydrogen-bond donors (Lipinski definition) is 1. The smallest absolute Gasteiger partial charge is 0.291 e. The molecule has 2 unspecified atom stereocenters. The van der Waals surface area contributed by atoms with Crippen LogP contribution in [0, 0.1) is 17.2 Å². The number of amides is 2. The van der Waals surface area contributed by atoms with Gasteiger partial charge in [-0.2, -0.15) is 5.26 Å². The molecule has 2 atom stereocenters. The maximum atomic E-state index is 12.7. The molecule has 2 amide bonds. The Morgan fingerprint density at radius 3 is 2.87 bits per heavy atom. The van der Waals surface area contributed by atoms with Gasteiger partial charge in [0.15, 0.2) is 11.6 Å². The number of nitrogens with zero attached hydrogens (tertiary/aromatic N) is 5. The molecule has 2 aromatic heterocycles. The largest absolute Gasteiger partial charge is 0.440 e. The molecule has 31 heavy (non-hydrogen) atoms. The molecule has 4 rings (SSSR count). The van der Waals surface area contributed by atoms with Crippen LogP contribution in [0.15, 0.2) is 34.9 Å². The van der Waals surface area contributed by atoms with Gasteiger partial charge in [0.2, 0.25) is 11.7 Å². The summed E-state index contributed by atoms with van der Waals surface area (Å²) in [6.45, 7) is 4.89. The molecule has 0 aliphatic carbocycles. The zero-order valence-electron chi connectivity index (χ0n) is 17.7. The van der Waals surface area contributed by atoms with Gasteiger partial charge in [-0.3, -0.25) is 14.5 Å². The van der Waals surface area contributed by atoms with E-state index in [0.29, 0.717) is 30.5 Å². The second-order valence-corrected chi connectivity index (χ2v) is 8.19. The van der Waals surface area contributed by atoms with Crippen molar-refractivity contribution in [2.45, 2.75) is 25.9 Å². The van der Waals surface area contributed by atoms with Gasteiger partial charge in [0, 0.05) is 32.9 Å². The monoisotopic (exact) mass is 422 g/mol. The molecule has 0 spiro atoms. The van der Waals surface area contributed by atoms with Gasteiger partial charge in [0.05, 0.1) is 18.4 Å². The minimum atomic E-state index is -0.438. The molecule has 0 radical (unpaired) electrons. The highest BCUT2D eigenvalue weighted by molar-refractivity contribution is 6.03. The molecule has 2 aliphatic rings. The predicted molar refractivity (Wildman–Crippen MR) is 114 cm³/mol. The molecular formula is C22H26N6O3. The van der Waals surface area contributed by atoms with E-state index in [1.807, 2.05) is 13.1 Å². The third kappa shape index (κ3) is 4.39. The lowest BCUT2D eigenvalue weighted by Gasteiger charge is -2.47. The number of nitriles is 1. The molecule has 2 aliphatic heterocycles. The van der Waals surface area contributed by atoms with Gasteiger partial charge in [-0.15, -0.1) is 0 Å². The highest BCUT2D eigenvalue weighted by Crippen LogP contribution is 2.33. The van der Waals surface area contributed by atoms with Gasteiger partial charge < -0.3 is 19.5 Å². The van der Waals surface area contributed by atoms with Crippen molar-refractivity contribution >= 4 is 23.3 Å². The average Bonchev–Trinajstić information content (AvgIpc) is 3.26. The summed E-state index contributed by atoms with van der Waals surface area (Å²) in [6, 6.07) is 8.39. The zero-order valence-corrected chi connectivity index (χ0v) is 17.7. The third-order valence-corrected chi connectivity index (χ3v) is 5.99. The van der Waals surface area contributed by atoms with Crippen molar-refractivity contribution in [3.8, 4) is 6.07 Å². The number of carbonyl (C=O) groups excluding carboxylic acids is 2. The van der Waals surface area contributed by atoms with Gasteiger partial charge in [0.25, 0.3) is 5.91 Å². The van der Waals surface area contributed by atoms with E-state index >= 15 is 0 Å². The Morgan fingerprint density at radius 1 is 1.29 bits per heavy atom. The lowest BCUT2D eigenvalue weighted by Crippen LogP contribution is -2.59. The summed E-state index contributed by atoms with van der Waals surface area (Å²) in [7, 11) is 1.83. The molecule has 4 heterocycles. The summed E-state index contributed by atoms with van der Waals surface area (Å²) >= 11 is 0. The summed E-state index contributed by atoms with van der Waals surface area (Å²) in [4.78, 5) is 35.7. The SMILES string of the molecule is CC1CCN(c2ncccc2NC(=O)c2ccc(C#N)o2)C(N2CCN(C)C(=O)C2)C1. The molecule has 1 N–H and O–H groups in total. The van der Waals surface area contributed by atoms with E-state index in [2.05, 4.69) is 27.0 Å². The predicted octanol–water partition coefficient (Wildman–Crippen LogP) is 2.13. The molecule has 9 nitrogen and oxygen atoms in total. The van der Waals surface area contributed by atoms with Crippen molar-refractivity contribution in [2.24, 2.45) is 5.92 Å². The minimum absolute atomic E-state index is 0.0285. The second kappa shape index (κ2) is 8.78. The van der Waals surface area contributed by atoms with Gasteiger partial charge in [-0.05, 0) is 43.0 Å². The van der Waals surface area contributed by atoms with Gasteiger partial charge >= 0.3 is 0 Å². The van der Waals surface area contributed by atoms with Gasteiger partial charge in [-0.1, -0.05) is 6.92 Å². The highest BCUT2D eigenvalue weighted by atomic mass is 16.3. The topological polar surface area (TPSA) is 106 Å². The summed E-state index contributed by atoms with van der Waals surface area (Å²) < 4.78 is 5.25. The van der Waals surface area contributed by atoms with Crippen LogP contribution >= 0.6 is 0 Å². The summed E-state index contributed by atoms with van der Waals surface area (Å²) in [6.07, 6.45) is 3.66. The van der Waals surface area contributed by atoms with Crippen LogP contribution in [0.1, 0.15) is 36.1 Å². The normalized spacial score (nSPS) is 22.3. The fraction of sp³-hybridized carbons (Fsp3) is 0.455. The number of piperazine rings is 1. The van der Waals surface area contributed by atoms with Crippen molar-refractivity contribution in [1.29, 1.82) is 5.26 Å². The molecule has 0 bridgehead atoms. The number of nitrogens with one attached hydrogen (secondary N) is 1.